The van der Waals surface area contributed by atoms with Crippen molar-refractivity contribution in [2.24, 2.45) is 17.3 Å². The van der Waals surface area contributed by atoms with Crippen LogP contribution in [0.5, 0.6) is 0 Å². The van der Waals surface area contributed by atoms with Crippen LogP contribution >= 0.6 is 34.8 Å². The minimum Gasteiger partial charge on any atom is -0.481 e. The highest BCUT2D eigenvalue weighted by atomic mass is 35.6. The van der Waals surface area contributed by atoms with Gasteiger partial charge in [-0.3, -0.25) is 15.1 Å². The Morgan fingerprint density at radius 2 is 2.06 bits per heavy atom. The number of carboxylic acids is 1. The molecule has 1 saturated carbocycles. The summed E-state index contributed by atoms with van der Waals surface area (Å²) in [6.45, 7) is 5.51. The van der Waals surface area contributed by atoms with E-state index >= 15 is 0 Å². The molecule has 2 atom stereocenters. The van der Waals surface area contributed by atoms with Gasteiger partial charge in [-0.2, -0.15) is 0 Å². The van der Waals surface area contributed by atoms with E-state index in [2.05, 4.69) is 5.48 Å². The molecule has 0 aliphatic heterocycles. The van der Waals surface area contributed by atoms with E-state index in [0.29, 0.717) is 5.70 Å². The SMILES string of the molecule is CC(=CC1C(C(=O)O)C1(C)C)NOCC(Cl)(Cl)Cl. The smallest absolute Gasteiger partial charge is 0.307 e. The Labute approximate surface area is 121 Å². The number of allylic oxidation sites excluding steroid dienone is 2. The third-order valence-electron chi connectivity index (χ3n) is 3.08. The Balaban J connectivity index is 2.46. The van der Waals surface area contributed by atoms with Crippen LogP contribution in [0, 0.1) is 17.3 Å². The summed E-state index contributed by atoms with van der Waals surface area (Å²) in [6.07, 6.45) is 1.83. The Morgan fingerprint density at radius 3 is 2.44 bits per heavy atom. The summed E-state index contributed by atoms with van der Waals surface area (Å²) in [4.78, 5) is 16.0. The average molecular weight is 317 g/mol. The van der Waals surface area contributed by atoms with Crippen molar-refractivity contribution in [2.45, 2.75) is 24.6 Å². The van der Waals surface area contributed by atoms with Gasteiger partial charge in [0, 0.05) is 5.70 Å². The lowest BCUT2D eigenvalue weighted by molar-refractivity contribution is -0.139. The number of rotatable bonds is 5. The summed E-state index contributed by atoms with van der Waals surface area (Å²) >= 11 is 16.5. The van der Waals surface area contributed by atoms with Crippen LogP contribution in [0.3, 0.4) is 0 Å². The first-order valence-corrected chi connectivity index (χ1v) is 6.55. The van der Waals surface area contributed by atoms with Crippen molar-refractivity contribution >= 4 is 40.8 Å². The van der Waals surface area contributed by atoms with Gasteiger partial charge in [-0.25, -0.2) is 0 Å². The molecule has 2 unspecified atom stereocenters. The highest BCUT2D eigenvalue weighted by Crippen LogP contribution is 2.59. The molecule has 0 amide bonds. The van der Waals surface area contributed by atoms with Crippen LogP contribution in [-0.2, 0) is 9.63 Å². The number of aliphatic carboxylic acids is 1. The average Bonchev–Trinajstić information content (AvgIpc) is 2.65. The summed E-state index contributed by atoms with van der Waals surface area (Å²) in [7, 11) is 0. The Hall–Kier alpha value is -0.160. The van der Waals surface area contributed by atoms with Crippen LogP contribution in [0.25, 0.3) is 0 Å². The molecule has 1 fully saturated rings. The normalized spacial score (nSPS) is 26.9. The summed E-state index contributed by atoms with van der Waals surface area (Å²) in [5.74, 6) is -1.16. The molecule has 7 heteroatoms. The zero-order valence-electron chi connectivity index (χ0n) is 10.3. The molecular formula is C11H16Cl3NO3. The van der Waals surface area contributed by atoms with Crippen molar-refractivity contribution in [1.82, 2.24) is 5.48 Å². The van der Waals surface area contributed by atoms with Crippen molar-refractivity contribution in [3.05, 3.63) is 11.8 Å². The molecule has 2 N–H and O–H groups in total. The van der Waals surface area contributed by atoms with E-state index in [1.54, 1.807) is 6.92 Å². The predicted molar refractivity (Wildman–Crippen MR) is 71.5 cm³/mol. The molecule has 0 heterocycles. The zero-order chi connectivity index (χ0) is 14.1. The number of carboxylic acid groups (broad SMARTS) is 1. The first-order chi connectivity index (χ1) is 8.05. The van der Waals surface area contributed by atoms with Gasteiger partial charge in [-0.1, -0.05) is 54.7 Å². The maximum atomic E-state index is 11.0. The topological polar surface area (TPSA) is 58.6 Å². The number of hydroxylamine groups is 1. The molecule has 1 aliphatic rings. The molecule has 1 aliphatic carbocycles. The molecule has 0 saturated heterocycles. The second kappa shape index (κ2) is 5.45. The van der Waals surface area contributed by atoms with Gasteiger partial charge in [0.1, 0.15) is 6.61 Å². The minimum absolute atomic E-state index is 0.0149. The van der Waals surface area contributed by atoms with Crippen molar-refractivity contribution in [3.8, 4) is 0 Å². The van der Waals surface area contributed by atoms with Gasteiger partial charge in [0.2, 0.25) is 3.79 Å². The summed E-state index contributed by atoms with van der Waals surface area (Å²) in [5.41, 5.74) is 3.09. The van der Waals surface area contributed by atoms with Gasteiger partial charge >= 0.3 is 5.97 Å². The molecular weight excluding hydrogens is 300 g/mol. The number of halogens is 3. The van der Waals surface area contributed by atoms with E-state index in [-0.39, 0.29) is 23.9 Å². The second-order valence-electron chi connectivity index (χ2n) is 5.02. The van der Waals surface area contributed by atoms with Gasteiger partial charge in [-0.15, -0.1) is 0 Å². The van der Waals surface area contributed by atoms with Crippen LogP contribution in [0.1, 0.15) is 20.8 Å². The van der Waals surface area contributed by atoms with Crippen LogP contribution in [0.2, 0.25) is 0 Å². The lowest BCUT2D eigenvalue weighted by Crippen LogP contribution is -2.21. The summed E-state index contributed by atoms with van der Waals surface area (Å²) < 4.78 is -1.48. The molecule has 18 heavy (non-hydrogen) atoms. The Bertz CT molecular complexity index is 363. The molecule has 0 aromatic heterocycles. The van der Waals surface area contributed by atoms with Gasteiger partial charge < -0.3 is 5.11 Å². The molecule has 104 valence electrons. The summed E-state index contributed by atoms with van der Waals surface area (Å²) in [6, 6.07) is 0. The molecule has 0 spiro atoms. The van der Waals surface area contributed by atoms with Crippen LogP contribution < -0.4 is 5.48 Å². The zero-order valence-corrected chi connectivity index (χ0v) is 12.6. The summed E-state index contributed by atoms with van der Waals surface area (Å²) in [5, 5.41) is 9.02. The van der Waals surface area contributed by atoms with E-state index < -0.39 is 9.76 Å². The minimum atomic E-state index is -1.48. The number of hydrogen-bond acceptors (Lipinski definition) is 3. The van der Waals surface area contributed by atoms with E-state index in [9.17, 15) is 4.79 Å². The highest BCUT2D eigenvalue weighted by molar-refractivity contribution is 6.67. The van der Waals surface area contributed by atoms with Crippen molar-refractivity contribution in [1.29, 1.82) is 0 Å². The van der Waals surface area contributed by atoms with Gasteiger partial charge in [0.15, 0.2) is 0 Å². The molecule has 0 aromatic carbocycles. The van der Waals surface area contributed by atoms with E-state index in [4.69, 9.17) is 44.7 Å². The predicted octanol–water partition coefficient (Wildman–Crippen LogP) is 3.14. The maximum absolute atomic E-state index is 11.0. The number of alkyl halides is 3. The van der Waals surface area contributed by atoms with Crippen LogP contribution in [0.4, 0.5) is 0 Å². The van der Waals surface area contributed by atoms with E-state index in [1.165, 1.54) is 0 Å². The number of carbonyl (C=O) groups is 1. The van der Waals surface area contributed by atoms with E-state index in [1.807, 2.05) is 19.9 Å². The fourth-order valence-corrected chi connectivity index (χ4v) is 2.16. The van der Waals surface area contributed by atoms with Crippen molar-refractivity contribution in [2.75, 3.05) is 6.61 Å². The maximum Gasteiger partial charge on any atom is 0.307 e. The van der Waals surface area contributed by atoms with Crippen molar-refractivity contribution < 1.29 is 14.7 Å². The Morgan fingerprint density at radius 1 is 1.50 bits per heavy atom. The molecule has 0 aromatic rings. The highest BCUT2D eigenvalue weighted by Gasteiger charge is 2.60. The third kappa shape index (κ3) is 4.19. The van der Waals surface area contributed by atoms with Crippen LogP contribution in [0.15, 0.2) is 11.8 Å². The fourth-order valence-electron chi connectivity index (χ4n) is 2.00. The standard InChI is InChI=1S/C11H16Cl3NO3/c1-6(15-18-5-11(12,13)14)4-7-8(9(16)17)10(7,2)3/h4,7-8,15H,5H2,1-3H3,(H,16,17). The first kappa shape index (κ1) is 15.9. The second-order valence-corrected chi connectivity index (χ2v) is 7.53. The first-order valence-electron chi connectivity index (χ1n) is 5.41. The van der Waals surface area contributed by atoms with Gasteiger partial charge in [0.05, 0.1) is 5.92 Å². The third-order valence-corrected chi connectivity index (χ3v) is 3.40. The van der Waals surface area contributed by atoms with Gasteiger partial charge in [0.25, 0.3) is 0 Å². The van der Waals surface area contributed by atoms with E-state index in [0.717, 1.165) is 0 Å². The molecule has 0 radical (unpaired) electrons. The monoisotopic (exact) mass is 315 g/mol. The van der Waals surface area contributed by atoms with Crippen LogP contribution in [-0.4, -0.2) is 21.5 Å². The largest absolute Gasteiger partial charge is 0.481 e. The molecule has 4 nitrogen and oxygen atoms in total. The van der Waals surface area contributed by atoms with Gasteiger partial charge in [-0.05, 0) is 18.3 Å². The molecule has 1 rings (SSSR count). The fraction of sp³-hybridized carbons (Fsp3) is 0.727. The van der Waals surface area contributed by atoms with Crippen molar-refractivity contribution in [3.63, 3.8) is 0 Å². The quantitative estimate of drug-likeness (QED) is 0.604. The lowest BCUT2D eigenvalue weighted by Gasteiger charge is -2.12. The number of hydrogen-bond donors (Lipinski definition) is 2. The lowest BCUT2D eigenvalue weighted by atomic mass is 10.1. The molecule has 0 bridgehead atoms. The number of nitrogens with one attached hydrogen (secondary N) is 1. The Kier molecular flexibility index (Phi) is 4.81.